The Morgan fingerprint density at radius 2 is 2.26 bits per heavy atom. The molecule has 104 valence electrons. The third kappa shape index (κ3) is 3.45. The normalized spacial score (nSPS) is 10.7. The molecule has 0 fully saturated rings. The molecule has 0 amide bonds. The van der Waals surface area contributed by atoms with E-state index in [1.54, 1.807) is 22.2 Å². The molecule has 0 aliphatic heterocycles. The van der Waals surface area contributed by atoms with Gasteiger partial charge in [-0.3, -0.25) is 4.68 Å². The van der Waals surface area contributed by atoms with Crippen LogP contribution in [0.15, 0.2) is 12.4 Å². The molecule has 0 saturated heterocycles. The Morgan fingerprint density at radius 3 is 2.89 bits per heavy atom. The van der Waals surface area contributed by atoms with E-state index < -0.39 is 0 Å². The van der Waals surface area contributed by atoms with Crippen LogP contribution in [-0.4, -0.2) is 40.6 Å². The summed E-state index contributed by atoms with van der Waals surface area (Å²) in [5.74, 6) is 0. The third-order valence-electron chi connectivity index (χ3n) is 2.68. The van der Waals surface area contributed by atoms with E-state index in [1.165, 1.54) is 4.88 Å². The number of aryl methyl sites for hydroxylation is 1. The maximum atomic E-state index is 8.84. The average Bonchev–Trinajstić information content (AvgIpc) is 2.94. The lowest BCUT2D eigenvalue weighted by molar-refractivity contribution is 0.269. The van der Waals surface area contributed by atoms with Crippen LogP contribution in [0.4, 0.5) is 10.8 Å². The fraction of sp³-hybridized carbons (Fsp3) is 0.500. The lowest BCUT2D eigenvalue weighted by atomic mass is 10.4. The molecule has 7 heteroatoms. The smallest absolute Gasteiger partial charge is 0.185 e. The zero-order chi connectivity index (χ0) is 13.8. The first-order valence-corrected chi connectivity index (χ1v) is 6.92. The summed E-state index contributed by atoms with van der Waals surface area (Å²) in [6, 6.07) is 0. The van der Waals surface area contributed by atoms with Crippen molar-refractivity contribution in [1.29, 1.82) is 0 Å². The predicted octanol–water partition coefficient (Wildman–Crippen LogP) is 1.32. The predicted molar refractivity (Wildman–Crippen MR) is 77.8 cm³/mol. The first-order chi connectivity index (χ1) is 9.10. The lowest BCUT2D eigenvalue weighted by Gasteiger charge is -2.05. The van der Waals surface area contributed by atoms with Gasteiger partial charge in [0.15, 0.2) is 5.13 Å². The van der Waals surface area contributed by atoms with Crippen LogP contribution in [0.25, 0.3) is 0 Å². The van der Waals surface area contributed by atoms with Gasteiger partial charge < -0.3 is 15.3 Å². The Bertz CT molecular complexity index is 534. The summed E-state index contributed by atoms with van der Waals surface area (Å²) in [5, 5.41) is 17.3. The van der Waals surface area contributed by atoms with E-state index in [2.05, 4.69) is 15.4 Å². The Labute approximate surface area is 116 Å². The van der Waals surface area contributed by atoms with Gasteiger partial charge in [0.05, 0.1) is 37.3 Å². The summed E-state index contributed by atoms with van der Waals surface area (Å²) < 4.78 is 1.72. The number of hydrogen-bond acceptors (Lipinski definition) is 6. The van der Waals surface area contributed by atoms with Crippen molar-refractivity contribution < 1.29 is 5.11 Å². The second-order valence-electron chi connectivity index (χ2n) is 4.47. The van der Waals surface area contributed by atoms with Crippen molar-refractivity contribution in [2.24, 2.45) is 0 Å². The van der Waals surface area contributed by atoms with Gasteiger partial charge in [-0.25, -0.2) is 4.98 Å². The van der Waals surface area contributed by atoms with E-state index in [9.17, 15) is 0 Å². The van der Waals surface area contributed by atoms with Crippen molar-refractivity contribution in [2.75, 3.05) is 30.9 Å². The minimum atomic E-state index is 0.0985. The molecule has 2 N–H and O–H groups in total. The second-order valence-corrected chi connectivity index (χ2v) is 5.53. The van der Waals surface area contributed by atoms with Crippen molar-refractivity contribution in [3.63, 3.8) is 0 Å². The SMILES string of the molecule is Cc1nc(N(C)C)sc1CNc1cnn(CCO)c1. The summed E-state index contributed by atoms with van der Waals surface area (Å²) in [4.78, 5) is 7.74. The molecule has 0 unspecified atom stereocenters. The Morgan fingerprint density at radius 1 is 1.47 bits per heavy atom. The van der Waals surface area contributed by atoms with E-state index in [0.29, 0.717) is 6.54 Å². The van der Waals surface area contributed by atoms with Crippen molar-refractivity contribution in [2.45, 2.75) is 20.0 Å². The highest BCUT2D eigenvalue weighted by Gasteiger charge is 2.09. The van der Waals surface area contributed by atoms with E-state index in [-0.39, 0.29) is 6.61 Å². The molecule has 0 bridgehead atoms. The van der Waals surface area contributed by atoms with Crippen molar-refractivity contribution in [3.8, 4) is 0 Å². The fourth-order valence-corrected chi connectivity index (χ4v) is 2.55. The fourth-order valence-electron chi connectivity index (χ4n) is 1.63. The molecule has 2 heterocycles. The Kier molecular flexibility index (Phi) is 4.39. The summed E-state index contributed by atoms with van der Waals surface area (Å²) in [7, 11) is 3.99. The van der Waals surface area contributed by atoms with E-state index in [0.717, 1.165) is 23.1 Å². The summed E-state index contributed by atoms with van der Waals surface area (Å²) in [6.07, 6.45) is 3.65. The molecule has 0 saturated carbocycles. The number of nitrogens with zero attached hydrogens (tertiary/aromatic N) is 4. The number of hydrogen-bond donors (Lipinski definition) is 2. The van der Waals surface area contributed by atoms with Crippen molar-refractivity contribution >= 4 is 22.2 Å². The average molecular weight is 281 g/mol. The molecule has 0 aliphatic carbocycles. The molecule has 2 aromatic heterocycles. The largest absolute Gasteiger partial charge is 0.394 e. The molecule has 0 aromatic carbocycles. The Balaban J connectivity index is 1.97. The van der Waals surface area contributed by atoms with Crippen LogP contribution in [0.2, 0.25) is 0 Å². The van der Waals surface area contributed by atoms with Crippen LogP contribution in [-0.2, 0) is 13.1 Å². The van der Waals surface area contributed by atoms with Gasteiger partial charge in [-0.05, 0) is 6.92 Å². The zero-order valence-electron chi connectivity index (χ0n) is 11.4. The lowest BCUT2D eigenvalue weighted by Crippen LogP contribution is -2.07. The first kappa shape index (κ1) is 13.8. The van der Waals surface area contributed by atoms with Gasteiger partial charge in [0.2, 0.25) is 0 Å². The van der Waals surface area contributed by atoms with Crippen LogP contribution in [0.1, 0.15) is 10.6 Å². The van der Waals surface area contributed by atoms with Crippen LogP contribution < -0.4 is 10.2 Å². The second kappa shape index (κ2) is 6.03. The highest BCUT2D eigenvalue weighted by molar-refractivity contribution is 7.15. The molecule has 19 heavy (non-hydrogen) atoms. The highest BCUT2D eigenvalue weighted by Crippen LogP contribution is 2.25. The van der Waals surface area contributed by atoms with E-state index >= 15 is 0 Å². The van der Waals surface area contributed by atoms with Gasteiger partial charge in [0.25, 0.3) is 0 Å². The zero-order valence-corrected chi connectivity index (χ0v) is 12.2. The summed E-state index contributed by atoms with van der Waals surface area (Å²) >= 11 is 1.69. The van der Waals surface area contributed by atoms with Crippen LogP contribution in [0.5, 0.6) is 0 Å². The minimum Gasteiger partial charge on any atom is -0.394 e. The van der Waals surface area contributed by atoms with Gasteiger partial charge in [0, 0.05) is 25.2 Å². The number of anilines is 2. The maximum absolute atomic E-state index is 8.84. The van der Waals surface area contributed by atoms with Crippen molar-refractivity contribution in [1.82, 2.24) is 14.8 Å². The van der Waals surface area contributed by atoms with Gasteiger partial charge in [-0.2, -0.15) is 5.10 Å². The molecular weight excluding hydrogens is 262 g/mol. The number of aromatic nitrogens is 3. The van der Waals surface area contributed by atoms with Crippen LogP contribution in [0.3, 0.4) is 0 Å². The molecule has 0 atom stereocenters. The summed E-state index contributed by atoms with van der Waals surface area (Å²) in [6.45, 7) is 3.38. The molecule has 0 radical (unpaired) electrons. The van der Waals surface area contributed by atoms with Gasteiger partial charge in [0.1, 0.15) is 0 Å². The maximum Gasteiger partial charge on any atom is 0.185 e. The number of aliphatic hydroxyl groups is 1. The summed E-state index contributed by atoms with van der Waals surface area (Å²) in [5.41, 5.74) is 2.01. The van der Waals surface area contributed by atoms with Gasteiger partial charge in [-0.15, -0.1) is 0 Å². The number of nitrogens with one attached hydrogen (secondary N) is 1. The van der Waals surface area contributed by atoms with Crippen LogP contribution in [0, 0.1) is 6.92 Å². The quantitative estimate of drug-likeness (QED) is 0.836. The number of aliphatic hydroxyl groups excluding tert-OH is 1. The molecule has 6 nitrogen and oxygen atoms in total. The van der Waals surface area contributed by atoms with E-state index in [1.807, 2.05) is 32.1 Å². The topological polar surface area (TPSA) is 66.2 Å². The number of thiazole rings is 1. The van der Waals surface area contributed by atoms with Gasteiger partial charge in [-0.1, -0.05) is 11.3 Å². The molecule has 0 aliphatic rings. The highest BCUT2D eigenvalue weighted by atomic mass is 32.1. The first-order valence-electron chi connectivity index (χ1n) is 6.11. The minimum absolute atomic E-state index is 0.0985. The molecular formula is C12H19N5OS. The Hall–Kier alpha value is -1.60. The molecule has 2 aromatic rings. The molecule has 2 rings (SSSR count). The number of rotatable bonds is 6. The molecule has 0 spiro atoms. The van der Waals surface area contributed by atoms with Crippen LogP contribution >= 0.6 is 11.3 Å². The van der Waals surface area contributed by atoms with Gasteiger partial charge >= 0.3 is 0 Å². The monoisotopic (exact) mass is 281 g/mol. The van der Waals surface area contributed by atoms with Crippen molar-refractivity contribution in [3.05, 3.63) is 23.0 Å². The van der Waals surface area contributed by atoms with E-state index in [4.69, 9.17) is 5.11 Å². The standard InChI is InChI=1S/C12H19N5OS/c1-9-11(19-12(15-9)16(2)3)7-13-10-6-14-17(8-10)4-5-18/h6,8,13,18H,4-5,7H2,1-3H3. The third-order valence-corrected chi connectivity index (χ3v) is 4.00.